The van der Waals surface area contributed by atoms with Crippen molar-refractivity contribution in [2.45, 2.75) is 18.2 Å². The standard InChI is InChI=1S/C25H19NOS/c1-2-17-12-13-19-14-21(18-8-4-3-5-9-18)22(26(19)16-17)15-24-25(27)20-10-6-7-11-23(20)28-24/h3-16H,2H2,1H3/b24-15-. The summed E-state index contributed by atoms with van der Waals surface area (Å²) in [5, 5.41) is 0. The summed E-state index contributed by atoms with van der Waals surface area (Å²) in [5.41, 5.74) is 6.57. The van der Waals surface area contributed by atoms with Gasteiger partial charge in [-0.2, -0.15) is 0 Å². The fourth-order valence-electron chi connectivity index (χ4n) is 3.70. The van der Waals surface area contributed by atoms with E-state index in [-0.39, 0.29) is 5.78 Å². The largest absolute Gasteiger partial charge is 0.316 e. The third-order valence-electron chi connectivity index (χ3n) is 5.21. The summed E-state index contributed by atoms with van der Waals surface area (Å²) in [4.78, 5) is 14.7. The van der Waals surface area contributed by atoms with Crippen LogP contribution < -0.4 is 0 Å². The van der Waals surface area contributed by atoms with Crippen LogP contribution in [0.5, 0.6) is 0 Å². The summed E-state index contributed by atoms with van der Waals surface area (Å²) >= 11 is 1.56. The first kappa shape index (κ1) is 17.1. The molecule has 0 N–H and O–H groups in total. The Bertz CT molecular complexity index is 1230. The fraction of sp³-hybridized carbons (Fsp3) is 0.0800. The number of Topliss-reactive ketones (excluding diaryl/α,β-unsaturated/α-hetero) is 1. The third kappa shape index (κ3) is 2.79. The lowest BCUT2D eigenvalue weighted by molar-refractivity contribution is 0.104. The summed E-state index contributed by atoms with van der Waals surface area (Å²) in [7, 11) is 0. The van der Waals surface area contributed by atoms with Crippen molar-refractivity contribution in [2.24, 2.45) is 0 Å². The summed E-state index contributed by atoms with van der Waals surface area (Å²) < 4.78 is 2.21. The van der Waals surface area contributed by atoms with E-state index in [0.29, 0.717) is 0 Å². The normalized spacial score (nSPS) is 14.8. The molecule has 1 aliphatic heterocycles. The molecule has 0 spiro atoms. The maximum Gasteiger partial charge on any atom is 0.200 e. The summed E-state index contributed by atoms with van der Waals surface area (Å²) in [5.74, 6) is 0.112. The first-order valence-electron chi connectivity index (χ1n) is 9.47. The molecule has 2 aromatic carbocycles. The Balaban J connectivity index is 1.73. The van der Waals surface area contributed by atoms with E-state index in [0.717, 1.165) is 44.1 Å². The molecule has 0 amide bonds. The molecule has 4 aromatic rings. The lowest BCUT2D eigenvalue weighted by Crippen LogP contribution is -1.96. The molecule has 0 unspecified atom stereocenters. The quantitative estimate of drug-likeness (QED) is 0.378. The lowest BCUT2D eigenvalue weighted by atomic mass is 10.0. The minimum absolute atomic E-state index is 0.112. The number of benzene rings is 2. The fourth-order valence-corrected chi connectivity index (χ4v) is 4.73. The van der Waals surface area contributed by atoms with Gasteiger partial charge in [0.15, 0.2) is 0 Å². The summed E-state index contributed by atoms with van der Waals surface area (Å²) in [6.45, 7) is 2.16. The number of hydrogen-bond acceptors (Lipinski definition) is 2. The number of rotatable bonds is 3. The smallest absolute Gasteiger partial charge is 0.200 e. The number of carbonyl (C=O) groups excluding carboxylic acids is 1. The second-order valence-electron chi connectivity index (χ2n) is 6.93. The van der Waals surface area contributed by atoms with Gasteiger partial charge in [0.1, 0.15) is 0 Å². The van der Waals surface area contributed by atoms with Gasteiger partial charge in [-0.1, -0.05) is 67.2 Å². The van der Waals surface area contributed by atoms with Gasteiger partial charge < -0.3 is 4.40 Å². The first-order valence-corrected chi connectivity index (χ1v) is 10.3. The number of ketones is 1. The second kappa shape index (κ2) is 6.84. The number of allylic oxidation sites excluding steroid dienone is 1. The van der Waals surface area contributed by atoms with Gasteiger partial charge in [0.05, 0.1) is 10.6 Å². The van der Waals surface area contributed by atoms with Gasteiger partial charge in [-0.05, 0) is 47.9 Å². The van der Waals surface area contributed by atoms with Crippen molar-refractivity contribution in [2.75, 3.05) is 0 Å². The zero-order valence-corrected chi connectivity index (χ0v) is 16.4. The molecule has 5 rings (SSSR count). The number of thioether (sulfide) groups is 1. The number of nitrogens with zero attached hydrogens (tertiary/aromatic N) is 1. The van der Waals surface area contributed by atoms with Crippen LogP contribution in [0.15, 0.2) is 88.8 Å². The second-order valence-corrected chi connectivity index (χ2v) is 8.01. The highest BCUT2D eigenvalue weighted by Crippen LogP contribution is 2.42. The highest BCUT2D eigenvalue weighted by Gasteiger charge is 2.26. The van der Waals surface area contributed by atoms with E-state index in [1.165, 1.54) is 5.56 Å². The Morgan fingerprint density at radius 3 is 2.50 bits per heavy atom. The lowest BCUT2D eigenvalue weighted by Gasteiger charge is -2.06. The predicted octanol–water partition coefficient (Wildman–Crippen LogP) is 6.50. The van der Waals surface area contributed by atoms with Crippen LogP contribution in [-0.4, -0.2) is 10.2 Å². The minimum Gasteiger partial charge on any atom is -0.316 e. The van der Waals surface area contributed by atoms with Crippen molar-refractivity contribution in [3.8, 4) is 11.1 Å². The van der Waals surface area contributed by atoms with Crippen LogP contribution in [-0.2, 0) is 6.42 Å². The number of carbonyl (C=O) groups is 1. The van der Waals surface area contributed by atoms with Crippen molar-refractivity contribution in [1.29, 1.82) is 0 Å². The Labute approximate surface area is 168 Å². The van der Waals surface area contributed by atoms with Crippen LogP contribution in [0.2, 0.25) is 0 Å². The monoisotopic (exact) mass is 381 g/mol. The molecular weight excluding hydrogens is 362 g/mol. The van der Waals surface area contributed by atoms with Gasteiger partial charge in [-0.3, -0.25) is 4.79 Å². The SMILES string of the molecule is CCc1ccc2cc(-c3ccccc3)c(/C=C3\Sc4ccccc4C3=O)n2c1. The molecule has 0 fully saturated rings. The van der Waals surface area contributed by atoms with E-state index in [1.54, 1.807) is 11.8 Å². The summed E-state index contributed by atoms with van der Waals surface area (Å²) in [6.07, 6.45) is 5.22. The van der Waals surface area contributed by atoms with Crippen LogP contribution in [0.25, 0.3) is 22.7 Å². The Morgan fingerprint density at radius 2 is 1.71 bits per heavy atom. The molecule has 136 valence electrons. The number of aromatic nitrogens is 1. The highest BCUT2D eigenvalue weighted by atomic mass is 32.2. The number of hydrogen-bond donors (Lipinski definition) is 0. The van der Waals surface area contributed by atoms with Crippen molar-refractivity contribution in [3.63, 3.8) is 0 Å². The van der Waals surface area contributed by atoms with E-state index in [1.807, 2.05) is 30.3 Å². The van der Waals surface area contributed by atoms with E-state index >= 15 is 0 Å². The zero-order chi connectivity index (χ0) is 19.1. The molecule has 1 aliphatic rings. The molecule has 2 aromatic heterocycles. The molecular formula is C25H19NOS. The molecule has 3 heterocycles. The minimum atomic E-state index is 0.112. The van der Waals surface area contributed by atoms with Crippen molar-refractivity contribution < 1.29 is 4.79 Å². The average molecular weight is 382 g/mol. The van der Waals surface area contributed by atoms with Gasteiger partial charge in [-0.15, -0.1) is 0 Å². The van der Waals surface area contributed by atoms with E-state index in [9.17, 15) is 4.79 Å². The average Bonchev–Trinajstić information content (AvgIpc) is 3.26. The zero-order valence-electron chi connectivity index (χ0n) is 15.6. The van der Waals surface area contributed by atoms with E-state index in [4.69, 9.17) is 0 Å². The van der Waals surface area contributed by atoms with Crippen LogP contribution in [0.1, 0.15) is 28.5 Å². The summed E-state index contributed by atoms with van der Waals surface area (Å²) in [6, 6.07) is 24.8. The van der Waals surface area contributed by atoms with Gasteiger partial charge >= 0.3 is 0 Å². The van der Waals surface area contributed by atoms with E-state index < -0.39 is 0 Å². The molecule has 0 radical (unpaired) electrons. The van der Waals surface area contributed by atoms with Crippen LogP contribution in [0.4, 0.5) is 0 Å². The van der Waals surface area contributed by atoms with Crippen LogP contribution in [0, 0.1) is 0 Å². The number of fused-ring (bicyclic) bond motifs is 2. The van der Waals surface area contributed by atoms with Crippen molar-refractivity contribution in [1.82, 2.24) is 4.40 Å². The predicted molar refractivity (Wildman–Crippen MR) is 117 cm³/mol. The Hall–Kier alpha value is -3.04. The van der Waals surface area contributed by atoms with Gasteiger partial charge in [-0.25, -0.2) is 0 Å². The van der Waals surface area contributed by atoms with Gasteiger partial charge in [0.25, 0.3) is 0 Å². The van der Waals surface area contributed by atoms with E-state index in [2.05, 4.69) is 66.1 Å². The molecule has 2 nitrogen and oxygen atoms in total. The topological polar surface area (TPSA) is 21.5 Å². The Morgan fingerprint density at radius 1 is 0.929 bits per heavy atom. The van der Waals surface area contributed by atoms with Crippen LogP contribution in [0.3, 0.4) is 0 Å². The maximum absolute atomic E-state index is 12.9. The van der Waals surface area contributed by atoms with Crippen LogP contribution >= 0.6 is 11.8 Å². The van der Waals surface area contributed by atoms with Gasteiger partial charge in [0, 0.05) is 27.7 Å². The molecule has 0 atom stereocenters. The third-order valence-corrected chi connectivity index (χ3v) is 6.30. The molecule has 0 saturated heterocycles. The highest BCUT2D eigenvalue weighted by molar-refractivity contribution is 8.04. The maximum atomic E-state index is 12.9. The first-order chi connectivity index (χ1) is 13.7. The van der Waals surface area contributed by atoms with Crippen molar-refractivity contribution >= 4 is 29.1 Å². The molecule has 0 aliphatic carbocycles. The van der Waals surface area contributed by atoms with Gasteiger partial charge in [0.2, 0.25) is 5.78 Å². The van der Waals surface area contributed by atoms with Crippen molar-refractivity contribution in [3.05, 3.63) is 101 Å². The Kier molecular flexibility index (Phi) is 4.18. The molecule has 3 heteroatoms. The molecule has 28 heavy (non-hydrogen) atoms. The molecule has 0 saturated carbocycles. The molecule has 0 bridgehead atoms. The number of pyridine rings is 1. The number of aryl methyl sites for hydroxylation is 1.